The van der Waals surface area contributed by atoms with Gasteiger partial charge in [-0.3, -0.25) is 9.59 Å². The highest BCUT2D eigenvalue weighted by Crippen LogP contribution is 2.13. The van der Waals surface area contributed by atoms with Gasteiger partial charge in [-0.15, -0.1) is 10.2 Å². The van der Waals surface area contributed by atoms with Crippen molar-refractivity contribution in [3.8, 4) is 0 Å². The van der Waals surface area contributed by atoms with Crippen LogP contribution in [0.3, 0.4) is 0 Å². The monoisotopic (exact) mass is 366 g/mol. The molecule has 0 radical (unpaired) electrons. The van der Waals surface area contributed by atoms with E-state index in [2.05, 4.69) is 26.0 Å². The first-order chi connectivity index (χ1) is 11.8. The number of aryl methyl sites for hydroxylation is 1. The fourth-order valence-electron chi connectivity index (χ4n) is 2.60. The van der Waals surface area contributed by atoms with Gasteiger partial charge < -0.3 is 9.64 Å². The fraction of sp³-hybridized carbons (Fsp3) is 0.538. The first-order valence-electron chi connectivity index (χ1n) is 7.65. The van der Waals surface area contributed by atoms with Crippen LogP contribution in [0.15, 0.2) is 11.0 Å². The lowest BCUT2D eigenvalue weighted by Gasteiger charge is -2.36. The Hall–Kier alpha value is -2.60. The fourth-order valence-corrected chi connectivity index (χ4v) is 2.85. The van der Waals surface area contributed by atoms with E-state index < -0.39 is 11.5 Å². The van der Waals surface area contributed by atoms with Crippen molar-refractivity contribution >= 4 is 23.1 Å². The summed E-state index contributed by atoms with van der Waals surface area (Å²) in [6, 6.07) is 0. The number of H-pyrrole nitrogens is 1. The van der Waals surface area contributed by atoms with Crippen LogP contribution in [0, 0.1) is 0 Å². The van der Waals surface area contributed by atoms with Crippen LogP contribution < -0.4 is 11.0 Å². The summed E-state index contributed by atoms with van der Waals surface area (Å²) in [7, 11) is 1.46. The van der Waals surface area contributed by atoms with Crippen LogP contribution in [0.25, 0.3) is 0 Å². The minimum Gasteiger partial charge on any atom is -0.372 e. The molecule has 0 aliphatic carbocycles. The summed E-state index contributed by atoms with van der Waals surface area (Å²) >= 11 is 5.46. The highest BCUT2D eigenvalue weighted by molar-refractivity contribution is 7.80. The Balaban J connectivity index is 1.70. The molecule has 25 heavy (non-hydrogen) atoms. The van der Waals surface area contributed by atoms with Crippen LogP contribution in [0.2, 0.25) is 0 Å². The maximum absolute atomic E-state index is 12.1. The normalized spacial score (nSPS) is 20.5. The molecule has 2 unspecified atom stereocenters. The maximum Gasteiger partial charge on any atom is 0.299 e. The Morgan fingerprint density at radius 1 is 1.40 bits per heavy atom. The zero-order valence-corrected chi connectivity index (χ0v) is 14.8. The molecule has 2 N–H and O–H groups in total. The minimum absolute atomic E-state index is 0.0623. The van der Waals surface area contributed by atoms with Gasteiger partial charge in [0.2, 0.25) is 5.69 Å². The number of aromatic amines is 1. The number of amides is 1. The average molecular weight is 366 g/mol. The maximum atomic E-state index is 12.1. The highest BCUT2D eigenvalue weighted by atomic mass is 32.1. The van der Waals surface area contributed by atoms with Gasteiger partial charge in [0, 0.05) is 20.1 Å². The number of carbonyl (C=O) groups is 1. The molecule has 1 saturated heterocycles. The molecule has 1 fully saturated rings. The molecule has 1 aliphatic rings. The number of thiocarbonyl (C=S) groups is 1. The number of carbonyl (C=O) groups excluding carboxylic acids is 1. The van der Waals surface area contributed by atoms with E-state index in [0.29, 0.717) is 23.8 Å². The first kappa shape index (κ1) is 17.2. The van der Waals surface area contributed by atoms with Gasteiger partial charge in [-0.2, -0.15) is 4.79 Å². The Morgan fingerprint density at radius 2 is 2.08 bits per heavy atom. The predicted octanol–water partition coefficient (Wildman–Crippen LogP) is -1.13. The Bertz CT molecular complexity index is 846. The van der Waals surface area contributed by atoms with E-state index in [0.717, 1.165) is 9.47 Å². The zero-order valence-electron chi connectivity index (χ0n) is 14.0. The van der Waals surface area contributed by atoms with E-state index in [1.807, 2.05) is 18.7 Å². The Kier molecular flexibility index (Phi) is 4.63. The van der Waals surface area contributed by atoms with Crippen LogP contribution in [0.1, 0.15) is 30.0 Å². The Morgan fingerprint density at radius 3 is 2.68 bits per heavy atom. The number of morpholine rings is 1. The summed E-state index contributed by atoms with van der Waals surface area (Å²) in [6.45, 7) is 5.27. The number of ether oxygens (including phenoxy) is 1. The molecular weight excluding hydrogens is 348 g/mol. The average Bonchev–Trinajstić information content (AvgIpc) is 3.13. The van der Waals surface area contributed by atoms with Gasteiger partial charge in [-0.05, 0) is 19.1 Å². The molecule has 0 aromatic carbocycles. The van der Waals surface area contributed by atoms with Gasteiger partial charge in [-0.1, -0.05) is 12.2 Å². The van der Waals surface area contributed by atoms with Crippen molar-refractivity contribution in [2.24, 2.45) is 7.05 Å². The Labute approximate surface area is 147 Å². The zero-order chi connectivity index (χ0) is 18.1. The molecule has 0 bridgehead atoms. The van der Waals surface area contributed by atoms with Gasteiger partial charge >= 0.3 is 0 Å². The van der Waals surface area contributed by atoms with Crippen molar-refractivity contribution in [1.29, 1.82) is 0 Å². The predicted molar refractivity (Wildman–Crippen MR) is 90.8 cm³/mol. The van der Waals surface area contributed by atoms with Crippen molar-refractivity contribution in [1.82, 2.24) is 35.0 Å². The van der Waals surface area contributed by atoms with Crippen LogP contribution in [-0.2, 0) is 11.8 Å². The molecule has 0 saturated carbocycles. The van der Waals surface area contributed by atoms with Crippen LogP contribution in [0.4, 0.5) is 0 Å². The number of nitrogens with zero attached hydrogens (tertiary/aromatic N) is 6. The molecule has 2 aromatic rings. The third kappa shape index (κ3) is 3.58. The van der Waals surface area contributed by atoms with E-state index in [4.69, 9.17) is 17.0 Å². The largest absolute Gasteiger partial charge is 0.372 e. The van der Waals surface area contributed by atoms with Crippen molar-refractivity contribution in [2.45, 2.75) is 26.1 Å². The number of nitrogens with one attached hydrogen (secondary N) is 2. The lowest BCUT2D eigenvalue weighted by molar-refractivity contribution is -0.0472. The van der Waals surface area contributed by atoms with Gasteiger partial charge in [0.25, 0.3) is 11.5 Å². The quantitative estimate of drug-likeness (QED) is 0.654. The summed E-state index contributed by atoms with van der Waals surface area (Å²) in [5.74, 6) is -0.696. The van der Waals surface area contributed by atoms with E-state index in [-0.39, 0.29) is 17.9 Å². The van der Waals surface area contributed by atoms with Crippen LogP contribution >= 0.6 is 12.2 Å². The van der Waals surface area contributed by atoms with Crippen LogP contribution in [0.5, 0.6) is 0 Å². The molecule has 1 aliphatic heterocycles. The smallest absolute Gasteiger partial charge is 0.299 e. The first-order valence-corrected chi connectivity index (χ1v) is 8.06. The van der Waals surface area contributed by atoms with Crippen LogP contribution in [-0.4, -0.2) is 71.2 Å². The third-order valence-electron chi connectivity index (χ3n) is 3.67. The molecule has 134 valence electrons. The molecule has 3 heterocycles. The highest BCUT2D eigenvalue weighted by Gasteiger charge is 2.26. The molecule has 2 aromatic heterocycles. The van der Waals surface area contributed by atoms with Crippen molar-refractivity contribution in [2.75, 3.05) is 18.5 Å². The summed E-state index contributed by atoms with van der Waals surface area (Å²) < 4.78 is 6.78. The molecule has 3 rings (SSSR count). The molecule has 1 amide bonds. The minimum atomic E-state index is -0.696. The SMILES string of the molecule is CC1CN(C(=S)c2cn(NC(=O)c3n[nH]n(C)c3=O)nn2)CC(C)O1. The summed E-state index contributed by atoms with van der Waals surface area (Å²) in [5.41, 5.74) is 2.06. The second-order valence-electron chi connectivity index (χ2n) is 5.88. The molecule has 12 heteroatoms. The topological polar surface area (TPSA) is 123 Å². The molecular formula is C13H18N8O3S. The number of rotatable bonds is 3. The number of hydrogen-bond acceptors (Lipinski definition) is 7. The molecule has 11 nitrogen and oxygen atoms in total. The third-order valence-corrected chi connectivity index (χ3v) is 4.14. The van der Waals surface area contributed by atoms with Crippen molar-refractivity contribution < 1.29 is 9.53 Å². The van der Waals surface area contributed by atoms with E-state index in [1.54, 1.807) is 0 Å². The summed E-state index contributed by atoms with van der Waals surface area (Å²) in [6.07, 6.45) is 1.61. The molecule has 0 spiro atoms. The van der Waals surface area contributed by atoms with E-state index in [9.17, 15) is 9.59 Å². The van der Waals surface area contributed by atoms with Gasteiger partial charge in [0.05, 0.1) is 18.4 Å². The standard InChI is InChI=1S/C13H18N8O3S/c1-7-4-20(5-8(2)24-7)13(25)9-6-21(18-14-9)16-11(22)10-12(23)19(3)17-15-10/h6-8,17H,4-5H2,1-3H3,(H,16,22). The van der Waals surface area contributed by atoms with Gasteiger partial charge in [0.15, 0.2) is 0 Å². The van der Waals surface area contributed by atoms with Gasteiger partial charge in [-0.25, -0.2) is 15.3 Å². The second-order valence-corrected chi connectivity index (χ2v) is 6.27. The summed E-state index contributed by atoms with van der Waals surface area (Å²) in [4.78, 5) is 27.4. The summed E-state index contributed by atoms with van der Waals surface area (Å²) in [5, 5.41) is 13.8. The van der Waals surface area contributed by atoms with E-state index in [1.165, 1.54) is 13.2 Å². The number of aromatic nitrogens is 6. The molecule has 2 atom stereocenters. The van der Waals surface area contributed by atoms with Gasteiger partial charge in [0.1, 0.15) is 10.7 Å². The van der Waals surface area contributed by atoms with Crippen molar-refractivity contribution in [3.05, 3.63) is 27.9 Å². The second kappa shape index (κ2) is 6.72. The lowest BCUT2D eigenvalue weighted by Crippen LogP contribution is -2.47. The van der Waals surface area contributed by atoms with E-state index >= 15 is 0 Å². The lowest BCUT2D eigenvalue weighted by atomic mass is 10.2. The number of hydrogen-bond donors (Lipinski definition) is 2. The van der Waals surface area contributed by atoms with Crippen molar-refractivity contribution in [3.63, 3.8) is 0 Å².